The number of ether oxygens (including phenoxy) is 1. The van der Waals surface area contributed by atoms with Crippen LogP contribution in [0.1, 0.15) is 77.9 Å². The van der Waals surface area contributed by atoms with Gasteiger partial charge in [0.15, 0.2) is 10.9 Å². The number of fused-ring (bicyclic) bond motifs is 2. The smallest absolute Gasteiger partial charge is 0.532 e. The number of carbonyl (C=O) groups is 8. The lowest BCUT2D eigenvalue weighted by Gasteiger charge is -2.28. The van der Waals surface area contributed by atoms with Gasteiger partial charge in [-0.3, -0.25) is 38.4 Å². The topological polar surface area (TPSA) is 334 Å². The third-order valence-corrected chi connectivity index (χ3v) is 19.8. The first kappa shape index (κ1) is 74.1. The van der Waals surface area contributed by atoms with E-state index in [9.17, 15) is 58.5 Å². The lowest BCUT2D eigenvalue weighted by Crippen LogP contribution is -2.52. The second-order valence-electron chi connectivity index (χ2n) is 23.6. The van der Waals surface area contributed by atoms with E-state index in [0.717, 1.165) is 30.2 Å². The van der Waals surface area contributed by atoms with Gasteiger partial charge in [-0.2, -0.15) is 0 Å². The van der Waals surface area contributed by atoms with Crippen molar-refractivity contribution in [3.63, 3.8) is 0 Å². The summed E-state index contributed by atoms with van der Waals surface area (Å²) in [5.74, 6) is -2.15. The van der Waals surface area contributed by atoms with Gasteiger partial charge >= 0.3 is 28.5 Å². The monoisotopic (exact) mass is 1400 g/mol. The van der Waals surface area contributed by atoms with Crippen molar-refractivity contribution in [2.45, 2.75) is 134 Å². The molecule has 0 radical (unpaired) electrons. The maximum absolute atomic E-state index is 12.3. The summed E-state index contributed by atoms with van der Waals surface area (Å²) in [4.78, 5) is 109. The van der Waals surface area contributed by atoms with Crippen LogP contribution >= 0.6 is 56.7 Å². The first-order valence-corrected chi connectivity index (χ1v) is 35.4. The maximum Gasteiger partial charge on any atom is 0.550 e. The Balaban J connectivity index is 0.000000163. The summed E-state index contributed by atoms with van der Waals surface area (Å²) in [5, 5.41) is 62.6. The Morgan fingerprint density at radius 2 is 1.03 bits per heavy atom. The molecule has 11 rings (SSSR count). The zero-order valence-corrected chi connectivity index (χ0v) is 57.4. The fourth-order valence-corrected chi connectivity index (χ4v) is 14.7. The van der Waals surface area contributed by atoms with Crippen LogP contribution in [0.5, 0.6) is 11.5 Å². The van der Waals surface area contributed by atoms with Crippen molar-refractivity contribution >= 4 is 137 Å². The number of ketones is 3. The summed E-state index contributed by atoms with van der Waals surface area (Å²) in [6.07, 6.45) is 3.01. The number of thiazole rings is 1. The van der Waals surface area contributed by atoms with Crippen LogP contribution in [0.15, 0.2) is 99.8 Å². The Morgan fingerprint density at radius 1 is 0.558 bits per heavy atom. The number of rotatable bonds is 19. The number of para-hydroxylation sites is 1. The third kappa shape index (κ3) is 23.6. The molecule has 0 saturated carbocycles. The summed E-state index contributed by atoms with van der Waals surface area (Å²) in [6.45, 7) is 8.51. The highest BCUT2D eigenvalue weighted by Crippen LogP contribution is 2.34. The van der Waals surface area contributed by atoms with Crippen LogP contribution in [-0.4, -0.2) is 205 Å². The van der Waals surface area contributed by atoms with Crippen LogP contribution in [0, 0.1) is 6.92 Å². The minimum absolute atomic E-state index is 0.0125. The van der Waals surface area contributed by atoms with Gasteiger partial charge in [-0.1, -0.05) is 36.4 Å². The number of aromatic nitrogens is 1. The maximum atomic E-state index is 12.3. The summed E-state index contributed by atoms with van der Waals surface area (Å²) < 4.78 is 28.0. The Hall–Kier alpha value is -6.65. The second-order valence-corrected chi connectivity index (χ2v) is 28.6. The molecule has 6 aromatic rings. The number of amides is 5. The Kier molecular flexibility index (Phi) is 28.6. The predicted molar refractivity (Wildman–Crippen MR) is 366 cm³/mol. The van der Waals surface area contributed by atoms with E-state index in [2.05, 4.69) is 26.3 Å². The van der Waals surface area contributed by atoms with Crippen molar-refractivity contribution in [3.8, 4) is 11.5 Å². The van der Waals surface area contributed by atoms with Crippen molar-refractivity contribution in [2.24, 2.45) is 0 Å². The second kappa shape index (κ2) is 36.6. The van der Waals surface area contributed by atoms with Crippen LogP contribution in [0.2, 0.25) is 0 Å². The number of hydrogen-bond acceptors (Lipinski definition) is 25. The largest absolute Gasteiger partial charge is 0.550 e. The van der Waals surface area contributed by atoms with E-state index in [1.807, 2.05) is 111 Å². The first-order valence-electron chi connectivity index (χ1n) is 31.0. The molecule has 5 aliphatic rings. The van der Waals surface area contributed by atoms with Crippen LogP contribution in [0.4, 0.5) is 5.13 Å². The molecule has 506 valence electrons. The normalized spacial score (nSPS) is 21.9. The molecule has 25 nitrogen and oxygen atoms in total. The third-order valence-electron chi connectivity index (χ3n) is 15.5. The Bertz CT molecular complexity index is 3440. The van der Waals surface area contributed by atoms with Crippen molar-refractivity contribution in [2.75, 3.05) is 51.3 Å². The van der Waals surface area contributed by atoms with Crippen molar-refractivity contribution in [1.29, 1.82) is 0 Å². The zero-order chi connectivity index (χ0) is 68.1. The van der Waals surface area contributed by atoms with E-state index < -0.39 is 64.4 Å². The lowest BCUT2D eigenvalue weighted by molar-refractivity contribution is -0.131. The highest BCUT2D eigenvalue weighted by atomic mass is 32.1. The molecule has 5 aromatic heterocycles. The van der Waals surface area contributed by atoms with Crippen LogP contribution in [0.3, 0.4) is 0 Å². The van der Waals surface area contributed by atoms with Gasteiger partial charge in [0.25, 0.3) is 0 Å². The number of hydrogen-bond donors (Lipinski definition) is 8. The molecule has 10 heterocycles. The molecular formula is C61H78B4N8O17S5. The molecule has 8 atom stereocenters. The molecule has 4 unspecified atom stereocenters. The highest BCUT2D eigenvalue weighted by Gasteiger charge is 2.47. The van der Waals surface area contributed by atoms with E-state index in [4.69, 9.17) is 23.4 Å². The summed E-state index contributed by atoms with van der Waals surface area (Å²) in [6, 6.07) is 20.4. The molecule has 4 saturated heterocycles. The van der Waals surface area contributed by atoms with Gasteiger partial charge in [0, 0.05) is 89.5 Å². The predicted octanol–water partition coefficient (Wildman–Crippen LogP) is 2.98. The molecule has 4 fully saturated rings. The van der Waals surface area contributed by atoms with Crippen LogP contribution in [-0.2, 0) is 78.0 Å². The number of carbonyl (C=O) groups excluding carboxylic acids is 8. The Morgan fingerprint density at radius 3 is 1.51 bits per heavy atom. The molecule has 1 aromatic carbocycles. The number of thiophene rings is 4. The van der Waals surface area contributed by atoms with Crippen LogP contribution < -0.4 is 35.6 Å². The molecule has 5 amide bonds. The number of anilines is 1. The van der Waals surface area contributed by atoms with Crippen LogP contribution in [0.25, 0.3) is 0 Å². The van der Waals surface area contributed by atoms with Crippen molar-refractivity contribution in [1.82, 2.24) is 36.1 Å². The number of Topliss-reactive ketones (excluding diaryl/α,β-unsaturated/α-hetero) is 3. The van der Waals surface area contributed by atoms with E-state index in [1.54, 1.807) is 17.2 Å². The van der Waals surface area contributed by atoms with Gasteiger partial charge in [0.2, 0.25) is 29.5 Å². The minimum Gasteiger partial charge on any atom is -0.532 e. The minimum atomic E-state index is -1.25. The molecule has 95 heavy (non-hydrogen) atoms. The quantitative estimate of drug-likeness (QED) is 0.0540. The summed E-state index contributed by atoms with van der Waals surface area (Å²) >= 11 is 7.51. The molecule has 0 spiro atoms. The fraction of sp³-hybridized carbons (Fsp3) is 0.459. The van der Waals surface area contributed by atoms with Gasteiger partial charge < -0.3 is 79.4 Å². The van der Waals surface area contributed by atoms with Gasteiger partial charge in [0.05, 0.1) is 67.9 Å². The van der Waals surface area contributed by atoms with Gasteiger partial charge in [-0.25, -0.2) is 4.98 Å². The van der Waals surface area contributed by atoms with E-state index in [-0.39, 0.29) is 111 Å². The van der Waals surface area contributed by atoms with Crippen molar-refractivity contribution in [3.05, 3.63) is 125 Å². The zero-order valence-electron chi connectivity index (χ0n) is 53.3. The number of nitrogens with zero attached hydrogens (tertiary/aromatic N) is 4. The van der Waals surface area contributed by atoms with Gasteiger partial charge in [-0.15, -0.1) is 56.7 Å². The molecule has 0 aliphatic carbocycles. The highest BCUT2D eigenvalue weighted by molar-refractivity contribution is 7.13. The van der Waals surface area contributed by atoms with Gasteiger partial charge in [0.1, 0.15) is 35.6 Å². The lowest BCUT2D eigenvalue weighted by atomic mass is 9.78. The van der Waals surface area contributed by atoms with E-state index in [0.29, 0.717) is 56.9 Å². The fourth-order valence-electron chi connectivity index (χ4n) is 11.2. The van der Waals surface area contributed by atoms with E-state index >= 15 is 0 Å². The summed E-state index contributed by atoms with van der Waals surface area (Å²) in [5.41, 5.74) is 0.877. The molecule has 34 heteroatoms. The summed E-state index contributed by atoms with van der Waals surface area (Å²) in [7, 11) is -2.81. The van der Waals surface area contributed by atoms with E-state index in [1.165, 1.54) is 77.5 Å². The standard InChI is InChI=1S/C16H20BN3O4S2.C16H21BN2O5S.C15H16BNO4S.C14H21BN2O4S/c1-11(21)7-12-9-20(16-18-4-6-26-16)10-14(17(23)24-12)19-15(22)8-13-3-2-5-25-13;1-10(20)7-13-12-4-5-16(22)19(12)9-14(17(23)24-13)18-15(21)8-11-3-2-6-25-11;1-10-4-2-6-12-15(10)21-16(19)13(9-20-12)17-14(18)8-11-5-3-7-22-11;1-10(18)6-11-8-17(2)9-13(15(20)21-11)16-14(19)7-12-4-3-5-22-12/h2-6,12,14,23H,7-10H2,1H3,(H,19,22);2-3,6,12-14,23H,4-5,7-9H2,1H3,(H,18,21);2-7,13,19H,8-9H2,1H3,(H,17,18);3-5,11,13,20H,6-9H2,1-2H3,(H,16,19)/t12?,14-;12?,13?,14-;13-;11?,13-/m0000/s1. The SMILES string of the molecule is CC(=O)CC1CN(C)C[C@H](NC(=O)Cc2cccs2)B(O)O1.CC(=O)CC1CN(c2nccs2)C[C@H](NC(=O)Cc2cccs2)B(O)O1.CC(=O)CC1OB(O)[C@@H](NC(=O)Cc2cccs2)CN2C(=O)CCC12.Cc1cccc2c1OB(O)[C@@H](NC(=O)Cc1cccs1)CO2. The average Bonchev–Trinajstić information content (AvgIpc) is 1.67. The number of aryl methyl sites for hydroxylation is 1. The molecule has 8 N–H and O–H groups in total. The first-order chi connectivity index (χ1) is 45.5. The van der Waals surface area contributed by atoms with Gasteiger partial charge in [-0.05, 0) is 98.6 Å². The molecular weight excluding hydrogens is 1320 g/mol. The Labute approximate surface area is 572 Å². The number of benzene rings is 1. The average molecular weight is 1400 g/mol. The molecule has 5 aliphatic heterocycles. The number of nitrogens with one attached hydrogen (secondary N) is 4. The molecule has 0 bridgehead atoms. The number of likely N-dealkylation sites (N-methyl/N-ethyl adjacent to an activating group) is 1. The van der Waals surface area contributed by atoms with Crippen molar-refractivity contribution < 1.29 is 81.8 Å².